The summed E-state index contributed by atoms with van der Waals surface area (Å²) < 4.78 is 13.8. The molecule has 0 radical (unpaired) electrons. The van der Waals surface area contributed by atoms with Crippen LogP contribution < -0.4 is 0 Å². The van der Waals surface area contributed by atoms with Gasteiger partial charge in [-0.25, -0.2) is 9.37 Å². The van der Waals surface area contributed by atoms with Crippen molar-refractivity contribution in [3.8, 4) is 0 Å². The molecule has 1 aromatic heterocycles. The molecule has 2 heterocycles. The van der Waals surface area contributed by atoms with E-state index in [0.29, 0.717) is 19.0 Å². The van der Waals surface area contributed by atoms with Gasteiger partial charge in [0.1, 0.15) is 11.6 Å². The molecule has 3 aromatic carbocycles. The van der Waals surface area contributed by atoms with E-state index in [1.807, 2.05) is 66.4 Å². The highest BCUT2D eigenvalue weighted by molar-refractivity contribution is 5.94. The Morgan fingerprint density at radius 1 is 1.03 bits per heavy atom. The van der Waals surface area contributed by atoms with Gasteiger partial charge in [-0.3, -0.25) is 9.59 Å². The zero-order chi connectivity index (χ0) is 25.8. The molecule has 4 aromatic rings. The molecule has 2 amide bonds. The zero-order valence-electron chi connectivity index (χ0n) is 20.9. The molecule has 190 valence electrons. The number of imidazole rings is 1. The Kier molecular flexibility index (Phi) is 7.30. The van der Waals surface area contributed by atoms with Crippen LogP contribution in [0.15, 0.2) is 78.9 Å². The van der Waals surface area contributed by atoms with E-state index in [1.165, 1.54) is 18.2 Å². The van der Waals surface area contributed by atoms with Gasteiger partial charge < -0.3 is 14.8 Å². The average molecular weight is 499 g/mol. The number of likely N-dealkylation sites (tertiary alicyclic amines) is 1. The molecule has 1 fully saturated rings. The highest BCUT2D eigenvalue weighted by Crippen LogP contribution is 2.28. The first-order valence-electron chi connectivity index (χ1n) is 12.8. The monoisotopic (exact) mass is 498 g/mol. The first-order chi connectivity index (χ1) is 18.0. The molecule has 37 heavy (non-hydrogen) atoms. The van der Waals surface area contributed by atoms with Crippen LogP contribution in [0.2, 0.25) is 0 Å². The third kappa shape index (κ3) is 5.56. The predicted molar refractivity (Wildman–Crippen MR) is 142 cm³/mol. The second-order valence-electron chi connectivity index (χ2n) is 9.64. The lowest BCUT2D eigenvalue weighted by Crippen LogP contribution is -2.41. The molecule has 5 rings (SSSR count). The van der Waals surface area contributed by atoms with E-state index in [4.69, 9.17) is 4.98 Å². The number of amides is 2. The Morgan fingerprint density at radius 2 is 1.76 bits per heavy atom. The van der Waals surface area contributed by atoms with Gasteiger partial charge >= 0.3 is 0 Å². The summed E-state index contributed by atoms with van der Waals surface area (Å²) in [6, 6.07) is 23.1. The fourth-order valence-electron chi connectivity index (χ4n) is 5.11. The third-order valence-corrected chi connectivity index (χ3v) is 7.29. The Bertz CT molecular complexity index is 1350. The molecule has 1 aliphatic heterocycles. The third-order valence-electron chi connectivity index (χ3n) is 7.29. The molecule has 1 saturated heterocycles. The van der Waals surface area contributed by atoms with Crippen LogP contribution in [0.4, 0.5) is 4.39 Å². The van der Waals surface area contributed by atoms with E-state index in [0.717, 1.165) is 35.3 Å². The van der Waals surface area contributed by atoms with E-state index >= 15 is 0 Å². The van der Waals surface area contributed by atoms with Gasteiger partial charge in [0.25, 0.3) is 5.91 Å². The largest absolute Gasteiger partial charge is 0.343 e. The normalized spacial score (nSPS) is 15.0. The summed E-state index contributed by atoms with van der Waals surface area (Å²) in [5.41, 5.74) is 3.24. The number of rotatable bonds is 7. The maximum absolute atomic E-state index is 13.8. The number of aromatic nitrogens is 2. The van der Waals surface area contributed by atoms with Gasteiger partial charge in [-0.1, -0.05) is 48.5 Å². The van der Waals surface area contributed by atoms with Gasteiger partial charge in [0.05, 0.1) is 17.1 Å². The lowest BCUT2D eigenvalue weighted by Gasteiger charge is -2.33. The van der Waals surface area contributed by atoms with Crippen molar-refractivity contribution < 1.29 is 14.0 Å². The van der Waals surface area contributed by atoms with Gasteiger partial charge in [-0.15, -0.1) is 0 Å². The minimum absolute atomic E-state index is 0.0281. The molecule has 1 aliphatic rings. The zero-order valence-corrected chi connectivity index (χ0v) is 20.9. The highest BCUT2D eigenvalue weighted by Gasteiger charge is 2.28. The summed E-state index contributed by atoms with van der Waals surface area (Å²) in [5.74, 6) is 0.562. The average Bonchev–Trinajstić information content (AvgIpc) is 3.38. The quantitative estimate of drug-likeness (QED) is 0.355. The van der Waals surface area contributed by atoms with Crippen LogP contribution in [0.25, 0.3) is 11.0 Å². The second kappa shape index (κ2) is 10.9. The Hall–Kier alpha value is -4.00. The van der Waals surface area contributed by atoms with Gasteiger partial charge in [0.15, 0.2) is 0 Å². The standard InChI is InChI=1S/C30H31FN4O2/c1-21(22-8-3-2-4-9-22)35(30(37)24-10-7-11-25(31)20-24)19-16-28(36)34-17-14-23(15-18-34)29-32-26-12-5-6-13-27(26)33-29/h2-13,20-21,23H,14-19H2,1H3,(H,32,33). The van der Waals surface area contributed by atoms with Crippen molar-refractivity contribution in [1.82, 2.24) is 19.8 Å². The number of nitrogens with one attached hydrogen (secondary N) is 1. The van der Waals surface area contributed by atoms with E-state index in [2.05, 4.69) is 4.98 Å². The summed E-state index contributed by atoms with van der Waals surface area (Å²) in [7, 11) is 0. The summed E-state index contributed by atoms with van der Waals surface area (Å²) >= 11 is 0. The number of para-hydroxylation sites is 2. The minimum atomic E-state index is -0.457. The van der Waals surface area contributed by atoms with Crippen LogP contribution >= 0.6 is 0 Å². The molecule has 0 aliphatic carbocycles. The van der Waals surface area contributed by atoms with Crippen molar-refractivity contribution in [2.24, 2.45) is 0 Å². The van der Waals surface area contributed by atoms with Crippen LogP contribution in [0.5, 0.6) is 0 Å². The van der Waals surface area contributed by atoms with Gasteiger partial charge in [0.2, 0.25) is 5.91 Å². The smallest absolute Gasteiger partial charge is 0.254 e. The van der Waals surface area contributed by atoms with Crippen molar-refractivity contribution in [2.45, 2.75) is 38.1 Å². The molecule has 0 spiro atoms. The number of hydrogen-bond donors (Lipinski definition) is 1. The number of aromatic amines is 1. The molecule has 0 bridgehead atoms. The number of nitrogens with zero attached hydrogens (tertiary/aromatic N) is 3. The highest BCUT2D eigenvalue weighted by atomic mass is 19.1. The van der Waals surface area contributed by atoms with Gasteiger partial charge in [-0.2, -0.15) is 0 Å². The summed E-state index contributed by atoms with van der Waals surface area (Å²) in [6.45, 7) is 3.52. The topological polar surface area (TPSA) is 69.3 Å². The number of halogens is 1. The lowest BCUT2D eigenvalue weighted by atomic mass is 9.96. The summed E-state index contributed by atoms with van der Waals surface area (Å²) in [4.78, 5) is 38.3. The maximum atomic E-state index is 13.8. The number of benzene rings is 3. The predicted octanol–water partition coefficient (Wildman–Crippen LogP) is 5.70. The summed E-state index contributed by atoms with van der Waals surface area (Å²) in [5, 5.41) is 0. The lowest BCUT2D eigenvalue weighted by molar-refractivity contribution is -0.132. The van der Waals surface area contributed by atoms with E-state index < -0.39 is 5.82 Å². The Morgan fingerprint density at radius 3 is 2.49 bits per heavy atom. The molecular formula is C30H31FN4O2. The van der Waals surface area contributed by atoms with E-state index in [-0.39, 0.29) is 36.4 Å². The van der Waals surface area contributed by atoms with Crippen LogP contribution in [0.1, 0.15) is 59.9 Å². The van der Waals surface area contributed by atoms with Crippen LogP contribution in [0, 0.1) is 5.82 Å². The van der Waals surface area contributed by atoms with Crippen molar-refractivity contribution in [3.05, 3.63) is 102 Å². The number of piperidine rings is 1. The Labute approximate surface area is 216 Å². The first kappa shape index (κ1) is 24.7. The number of carbonyl (C=O) groups excluding carboxylic acids is 2. The van der Waals surface area contributed by atoms with Crippen molar-refractivity contribution in [2.75, 3.05) is 19.6 Å². The van der Waals surface area contributed by atoms with E-state index in [1.54, 1.807) is 11.0 Å². The fraction of sp³-hybridized carbons (Fsp3) is 0.300. The number of carbonyl (C=O) groups is 2. The van der Waals surface area contributed by atoms with Crippen LogP contribution in [0.3, 0.4) is 0 Å². The fourth-order valence-corrected chi connectivity index (χ4v) is 5.11. The summed E-state index contributed by atoms with van der Waals surface area (Å²) in [6.07, 6.45) is 1.91. The van der Waals surface area contributed by atoms with Gasteiger partial charge in [-0.05, 0) is 55.7 Å². The number of H-pyrrole nitrogens is 1. The molecule has 7 heteroatoms. The van der Waals surface area contributed by atoms with E-state index in [9.17, 15) is 14.0 Å². The molecule has 6 nitrogen and oxygen atoms in total. The number of hydrogen-bond acceptors (Lipinski definition) is 3. The minimum Gasteiger partial charge on any atom is -0.343 e. The maximum Gasteiger partial charge on any atom is 0.254 e. The first-order valence-corrected chi connectivity index (χ1v) is 12.8. The number of fused-ring (bicyclic) bond motifs is 1. The van der Waals surface area contributed by atoms with Crippen LogP contribution in [-0.4, -0.2) is 51.2 Å². The molecule has 0 saturated carbocycles. The van der Waals surface area contributed by atoms with Crippen molar-refractivity contribution >= 4 is 22.8 Å². The van der Waals surface area contributed by atoms with Gasteiger partial charge in [0, 0.05) is 37.5 Å². The Balaban J connectivity index is 1.23. The van der Waals surface area contributed by atoms with Crippen molar-refractivity contribution in [3.63, 3.8) is 0 Å². The molecular weight excluding hydrogens is 467 g/mol. The molecule has 1 atom stereocenters. The van der Waals surface area contributed by atoms with Crippen LogP contribution in [-0.2, 0) is 4.79 Å². The SMILES string of the molecule is CC(c1ccccc1)N(CCC(=O)N1CCC(c2nc3ccccc3[nH]2)CC1)C(=O)c1cccc(F)c1. The molecule has 1 unspecified atom stereocenters. The second-order valence-corrected chi connectivity index (χ2v) is 9.64. The van der Waals surface area contributed by atoms with Crippen molar-refractivity contribution in [1.29, 1.82) is 0 Å². The molecule has 1 N–H and O–H groups in total.